The highest BCUT2D eigenvalue weighted by atomic mass is 16.6. The summed E-state index contributed by atoms with van der Waals surface area (Å²) in [5.41, 5.74) is 3.93. The van der Waals surface area contributed by atoms with Crippen molar-refractivity contribution in [1.82, 2.24) is 20.3 Å². The molecule has 1 aromatic carbocycles. The van der Waals surface area contributed by atoms with Gasteiger partial charge in [0.2, 0.25) is 0 Å². The lowest BCUT2D eigenvalue weighted by Gasteiger charge is -2.26. The SMILES string of the molecule is COCC1CCCN1c1cccc(-c2cnc3[nH]cc(OC(=O)NC(C)C)c3n2)c1. The maximum Gasteiger partial charge on any atom is 0.412 e. The lowest BCUT2D eigenvalue weighted by molar-refractivity contribution is 0.181. The number of carbonyl (C=O) groups is 1. The van der Waals surface area contributed by atoms with E-state index >= 15 is 0 Å². The summed E-state index contributed by atoms with van der Waals surface area (Å²) in [6.07, 6.45) is 5.11. The van der Waals surface area contributed by atoms with Crippen LogP contribution in [0.25, 0.3) is 22.4 Å². The standard InChI is InChI=1S/C22H27N5O3/c1-14(2)25-22(28)30-19-12-24-21-20(19)26-18(11-23-21)15-6-4-7-16(10-15)27-9-5-8-17(27)13-29-3/h4,6-7,10-12,14,17H,5,8-9,13H2,1-3H3,(H,23,24)(H,25,28). The molecule has 1 atom stereocenters. The van der Waals surface area contributed by atoms with Crippen LogP contribution in [0, 0.1) is 0 Å². The number of hydrogen-bond acceptors (Lipinski definition) is 6. The van der Waals surface area contributed by atoms with Crippen molar-refractivity contribution < 1.29 is 14.3 Å². The summed E-state index contributed by atoms with van der Waals surface area (Å²) in [6.45, 7) is 5.49. The highest BCUT2D eigenvalue weighted by Crippen LogP contribution is 2.31. The predicted octanol–water partition coefficient (Wildman–Crippen LogP) is 3.74. The third-order valence-corrected chi connectivity index (χ3v) is 5.16. The molecule has 8 nitrogen and oxygen atoms in total. The second-order valence-corrected chi connectivity index (χ2v) is 7.79. The third kappa shape index (κ3) is 4.23. The molecule has 30 heavy (non-hydrogen) atoms. The van der Waals surface area contributed by atoms with Gasteiger partial charge in [0.25, 0.3) is 0 Å². The second-order valence-electron chi connectivity index (χ2n) is 7.79. The molecule has 1 amide bonds. The number of nitrogens with one attached hydrogen (secondary N) is 2. The van der Waals surface area contributed by atoms with Crippen molar-refractivity contribution in [1.29, 1.82) is 0 Å². The van der Waals surface area contributed by atoms with Gasteiger partial charge in [0.1, 0.15) is 0 Å². The third-order valence-electron chi connectivity index (χ3n) is 5.16. The van der Waals surface area contributed by atoms with Gasteiger partial charge in [-0.3, -0.25) is 0 Å². The molecule has 1 unspecified atom stereocenters. The molecule has 0 aliphatic carbocycles. The summed E-state index contributed by atoms with van der Waals surface area (Å²) >= 11 is 0. The zero-order chi connectivity index (χ0) is 21.1. The highest BCUT2D eigenvalue weighted by Gasteiger charge is 2.25. The van der Waals surface area contributed by atoms with E-state index in [0.29, 0.717) is 23.0 Å². The summed E-state index contributed by atoms with van der Waals surface area (Å²) in [6, 6.07) is 8.66. The smallest absolute Gasteiger partial charge is 0.406 e. The molecule has 1 aliphatic rings. The Labute approximate surface area is 175 Å². The lowest BCUT2D eigenvalue weighted by Crippen LogP contribution is -2.32. The monoisotopic (exact) mass is 409 g/mol. The number of carbonyl (C=O) groups excluding carboxylic acids is 1. The highest BCUT2D eigenvalue weighted by molar-refractivity contribution is 5.84. The first-order valence-electron chi connectivity index (χ1n) is 10.2. The minimum atomic E-state index is -0.515. The number of amides is 1. The molecule has 2 aromatic heterocycles. The van der Waals surface area contributed by atoms with E-state index in [-0.39, 0.29) is 6.04 Å². The number of aromatic nitrogens is 3. The van der Waals surface area contributed by atoms with Crippen LogP contribution in [-0.4, -0.2) is 53.4 Å². The summed E-state index contributed by atoms with van der Waals surface area (Å²) in [5, 5.41) is 2.71. The molecule has 3 heterocycles. The molecule has 4 rings (SSSR count). The summed E-state index contributed by atoms with van der Waals surface area (Å²) in [4.78, 5) is 26.5. The van der Waals surface area contributed by atoms with Gasteiger partial charge >= 0.3 is 6.09 Å². The van der Waals surface area contributed by atoms with Crippen molar-refractivity contribution in [2.45, 2.75) is 38.8 Å². The van der Waals surface area contributed by atoms with Crippen LogP contribution in [0.1, 0.15) is 26.7 Å². The van der Waals surface area contributed by atoms with E-state index in [9.17, 15) is 4.79 Å². The van der Waals surface area contributed by atoms with Gasteiger partial charge in [-0.2, -0.15) is 0 Å². The number of ether oxygens (including phenoxy) is 2. The molecule has 8 heteroatoms. The minimum Gasteiger partial charge on any atom is -0.406 e. The number of aromatic amines is 1. The van der Waals surface area contributed by atoms with Crippen molar-refractivity contribution in [3.05, 3.63) is 36.7 Å². The van der Waals surface area contributed by atoms with Gasteiger partial charge in [-0.05, 0) is 38.8 Å². The van der Waals surface area contributed by atoms with Crippen LogP contribution in [0.4, 0.5) is 10.5 Å². The average Bonchev–Trinajstić information content (AvgIpc) is 3.35. The largest absolute Gasteiger partial charge is 0.412 e. The Bertz CT molecular complexity index is 1030. The van der Waals surface area contributed by atoms with E-state index in [1.54, 1.807) is 19.5 Å². The Morgan fingerprint density at radius 1 is 1.40 bits per heavy atom. The molecule has 1 fully saturated rings. The fraction of sp³-hybridized carbons (Fsp3) is 0.409. The molecule has 0 bridgehead atoms. The molecular weight excluding hydrogens is 382 g/mol. The number of H-pyrrole nitrogens is 1. The van der Waals surface area contributed by atoms with E-state index in [1.165, 1.54) is 0 Å². The summed E-state index contributed by atoms with van der Waals surface area (Å²) < 4.78 is 10.8. The summed E-state index contributed by atoms with van der Waals surface area (Å²) in [5.74, 6) is 0.355. The van der Waals surface area contributed by atoms with Crippen molar-refractivity contribution in [3.63, 3.8) is 0 Å². The van der Waals surface area contributed by atoms with Gasteiger partial charge in [0, 0.05) is 37.1 Å². The van der Waals surface area contributed by atoms with Crippen molar-refractivity contribution in [2.75, 3.05) is 25.2 Å². The Hall–Kier alpha value is -3.13. The van der Waals surface area contributed by atoms with Crippen LogP contribution in [0.3, 0.4) is 0 Å². The van der Waals surface area contributed by atoms with E-state index in [2.05, 4.69) is 32.3 Å². The Balaban J connectivity index is 1.62. The van der Waals surface area contributed by atoms with Crippen molar-refractivity contribution >= 4 is 22.9 Å². The molecule has 1 saturated heterocycles. The van der Waals surface area contributed by atoms with Gasteiger partial charge in [-0.1, -0.05) is 12.1 Å². The number of anilines is 1. The normalized spacial score (nSPS) is 16.4. The van der Waals surface area contributed by atoms with Crippen molar-refractivity contribution in [2.24, 2.45) is 0 Å². The number of nitrogens with zero attached hydrogens (tertiary/aromatic N) is 3. The molecular formula is C22H27N5O3. The number of hydrogen-bond donors (Lipinski definition) is 2. The van der Waals surface area contributed by atoms with Crippen LogP contribution in [0.5, 0.6) is 5.75 Å². The Morgan fingerprint density at radius 2 is 2.27 bits per heavy atom. The van der Waals surface area contributed by atoms with E-state index in [0.717, 1.165) is 42.9 Å². The van der Waals surface area contributed by atoms with Gasteiger partial charge < -0.3 is 24.7 Å². The average molecular weight is 409 g/mol. The van der Waals surface area contributed by atoms with Gasteiger partial charge in [0.15, 0.2) is 16.9 Å². The summed E-state index contributed by atoms with van der Waals surface area (Å²) in [7, 11) is 1.75. The number of methoxy groups -OCH3 is 1. The van der Waals surface area contributed by atoms with Crippen LogP contribution in [-0.2, 0) is 4.74 Å². The molecule has 0 spiro atoms. The van der Waals surface area contributed by atoms with E-state index in [4.69, 9.17) is 14.5 Å². The minimum absolute atomic E-state index is 0.0142. The van der Waals surface area contributed by atoms with E-state index < -0.39 is 6.09 Å². The first-order chi connectivity index (χ1) is 14.5. The molecule has 3 aromatic rings. The van der Waals surface area contributed by atoms with Crippen LogP contribution in [0.2, 0.25) is 0 Å². The zero-order valence-corrected chi connectivity index (χ0v) is 17.5. The quantitative estimate of drug-likeness (QED) is 0.644. The van der Waals surface area contributed by atoms with Gasteiger partial charge in [0.05, 0.1) is 24.5 Å². The Kier molecular flexibility index (Phi) is 5.85. The van der Waals surface area contributed by atoms with Crippen LogP contribution in [0.15, 0.2) is 36.7 Å². The maximum atomic E-state index is 12.0. The number of benzene rings is 1. The lowest BCUT2D eigenvalue weighted by atomic mass is 10.1. The van der Waals surface area contributed by atoms with Gasteiger partial charge in [-0.25, -0.2) is 14.8 Å². The number of fused-ring (bicyclic) bond motifs is 1. The second kappa shape index (κ2) is 8.71. The maximum absolute atomic E-state index is 12.0. The molecule has 158 valence electrons. The molecule has 1 aliphatic heterocycles. The predicted molar refractivity (Wildman–Crippen MR) is 116 cm³/mol. The fourth-order valence-electron chi connectivity index (χ4n) is 3.84. The van der Waals surface area contributed by atoms with Gasteiger partial charge in [-0.15, -0.1) is 0 Å². The fourth-order valence-corrected chi connectivity index (χ4v) is 3.84. The first-order valence-corrected chi connectivity index (χ1v) is 10.2. The molecule has 0 radical (unpaired) electrons. The molecule has 0 saturated carbocycles. The Morgan fingerprint density at radius 3 is 3.07 bits per heavy atom. The first kappa shape index (κ1) is 20.2. The zero-order valence-electron chi connectivity index (χ0n) is 17.5. The van der Waals surface area contributed by atoms with E-state index in [1.807, 2.05) is 26.0 Å². The van der Waals surface area contributed by atoms with Crippen molar-refractivity contribution in [3.8, 4) is 17.0 Å². The topological polar surface area (TPSA) is 92.4 Å². The van der Waals surface area contributed by atoms with Crippen LogP contribution >= 0.6 is 0 Å². The molecule has 2 N–H and O–H groups in total. The number of rotatable bonds is 6. The van der Waals surface area contributed by atoms with Crippen LogP contribution < -0.4 is 15.0 Å².